The van der Waals surface area contributed by atoms with E-state index in [0.717, 1.165) is 38.8 Å². The molecule has 0 amide bonds. The molecule has 5 heteroatoms. The Hall–Kier alpha value is -0.650. The van der Waals surface area contributed by atoms with Gasteiger partial charge in [-0.1, -0.05) is 0 Å². The number of likely N-dealkylation sites (N-methyl/N-ethyl adjacent to an activating group) is 2. The van der Waals surface area contributed by atoms with Crippen LogP contribution < -0.4 is 5.32 Å². The first-order chi connectivity index (χ1) is 9.94. The lowest BCUT2D eigenvalue weighted by atomic mass is 9.95. The van der Waals surface area contributed by atoms with Gasteiger partial charge < -0.3 is 19.7 Å². The summed E-state index contributed by atoms with van der Waals surface area (Å²) in [6, 6.07) is 0.533. The van der Waals surface area contributed by atoms with Crippen molar-refractivity contribution in [2.24, 2.45) is 0 Å². The van der Waals surface area contributed by atoms with Crippen molar-refractivity contribution in [3.8, 4) is 0 Å². The third-order valence-electron chi connectivity index (χ3n) is 4.62. The quantitative estimate of drug-likeness (QED) is 0.520. The lowest BCUT2D eigenvalue weighted by Gasteiger charge is -2.28. The fraction of sp³-hybridized carbons (Fsp3) is 0.938. The van der Waals surface area contributed by atoms with Gasteiger partial charge in [-0.25, -0.2) is 0 Å². The van der Waals surface area contributed by atoms with Crippen molar-refractivity contribution in [3.05, 3.63) is 0 Å². The molecule has 0 aromatic carbocycles. The van der Waals surface area contributed by atoms with Crippen LogP contribution in [0.3, 0.4) is 0 Å². The number of esters is 1. The van der Waals surface area contributed by atoms with Crippen LogP contribution in [0.4, 0.5) is 0 Å². The summed E-state index contributed by atoms with van der Waals surface area (Å²) in [7, 11) is 3.99. The fourth-order valence-corrected chi connectivity index (χ4v) is 2.92. The average molecular weight is 300 g/mol. The van der Waals surface area contributed by atoms with Gasteiger partial charge in [0.15, 0.2) is 0 Å². The van der Waals surface area contributed by atoms with Gasteiger partial charge in [-0.2, -0.15) is 0 Å². The first-order valence-corrected chi connectivity index (χ1v) is 8.12. The Bertz CT molecular complexity index is 325. The highest BCUT2D eigenvalue weighted by Crippen LogP contribution is 2.20. The third kappa shape index (κ3) is 5.24. The van der Waals surface area contributed by atoms with Crippen LogP contribution in [-0.4, -0.2) is 62.4 Å². The van der Waals surface area contributed by atoms with E-state index < -0.39 is 5.54 Å². The smallest absolute Gasteiger partial charge is 0.326 e. The van der Waals surface area contributed by atoms with Crippen LogP contribution in [-0.2, 0) is 14.3 Å². The summed E-state index contributed by atoms with van der Waals surface area (Å²) in [4.78, 5) is 14.4. The second kappa shape index (κ2) is 8.71. The molecule has 124 valence electrons. The molecule has 0 bridgehead atoms. The molecule has 3 atom stereocenters. The molecule has 3 unspecified atom stereocenters. The molecule has 1 saturated heterocycles. The maximum Gasteiger partial charge on any atom is 0.326 e. The molecule has 0 aromatic heterocycles. The van der Waals surface area contributed by atoms with Gasteiger partial charge >= 0.3 is 5.97 Å². The Balaban J connectivity index is 2.30. The summed E-state index contributed by atoms with van der Waals surface area (Å²) in [6.45, 7) is 8.25. The van der Waals surface area contributed by atoms with Crippen LogP contribution in [0.25, 0.3) is 0 Å². The zero-order valence-corrected chi connectivity index (χ0v) is 14.3. The molecule has 1 aliphatic heterocycles. The van der Waals surface area contributed by atoms with Crippen LogP contribution in [0.2, 0.25) is 0 Å². The van der Waals surface area contributed by atoms with E-state index in [1.165, 1.54) is 0 Å². The predicted octanol–water partition coefficient (Wildman–Crippen LogP) is 1.81. The molecule has 21 heavy (non-hydrogen) atoms. The molecule has 0 spiro atoms. The van der Waals surface area contributed by atoms with E-state index in [1.54, 1.807) is 0 Å². The highest BCUT2D eigenvalue weighted by atomic mass is 16.5. The van der Waals surface area contributed by atoms with Crippen LogP contribution in [0.1, 0.15) is 46.5 Å². The van der Waals surface area contributed by atoms with Crippen LogP contribution in [0, 0.1) is 0 Å². The van der Waals surface area contributed by atoms with Gasteiger partial charge in [0.1, 0.15) is 5.54 Å². The molecule has 1 rings (SSSR count). The van der Waals surface area contributed by atoms with Gasteiger partial charge in [-0.3, -0.25) is 4.79 Å². The maximum absolute atomic E-state index is 12.0. The van der Waals surface area contributed by atoms with Gasteiger partial charge in [0.25, 0.3) is 0 Å². The van der Waals surface area contributed by atoms with E-state index in [1.807, 2.05) is 20.9 Å². The summed E-state index contributed by atoms with van der Waals surface area (Å²) < 4.78 is 10.8. The summed E-state index contributed by atoms with van der Waals surface area (Å²) in [5, 5.41) is 3.11. The van der Waals surface area contributed by atoms with Crippen LogP contribution >= 0.6 is 0 Å². The molecule has 0 aliphatic carbocycles. The first-order valence-electron chi connectivity index (χ1n) is 8.12. The van der Waals surface area contributed by atoms with Gasteiger partial charge in [-0.15, -0.1) is 0 Å². The first kappa shape index (κ1) is 18.4. The highest BCUT2D eigenvalue weighted by Gasteiger charge is 2.32. The minimum atomic E-state index is -0.571. The van der Waals surface area contributed by atoms with E-state index in [4.69, 9.17) is 9.47 Å². The third-order valence-corrected chi connectivity index (χ3v) is 4.62. The van der Waals surface area contributed by atoms with Crippen molar-refractivity contribution in [2.75, 3.05) is 33.9 Å². The van der Waals surface area contributed by atoms with Crippen molar-refractivity contribution < 1.29 is 14.3 Å². The number of nitrogens with zero attached hydrogens (tertiary/aromatic N) is 1. The zero-order chi connectivity index (χ0) is 15.9. The monoisotopic (exact) mass is 300 g/mol. The number of unbranched alkanes of at least 4 members (excludes halogenated alkanes) is 1. The number of rotatable bonds is 9. The Labute approximate surface area is 129 Å². The molecule has 0 saturated carbocycles. The largest absolute Gasteiger partial charge is 0.465 e. The highest BCUT2D eigenvalue weighted by molar-refractivity contribution is 5.80. The normalized spacial score (nSPS) is 25.0. The van der Waals surface area contributed by atoms with E-state index in [0.29, 0.717) is 18.8 Å². The van der Waals surface area contributed by atoms with E-state index >= 15 is 0 Å². The standard InChI is InChI=1S/C16H32N2O3/c1-6-20-15(19)16(3,17-4)10-7-8-11-18(5)14-9-12-21-13(14)2/h13-14,17H,6-12H2,1-5H3. The molecule has 5 nitrogen and oxygen atoms in total. The van der Waals surface area contributed by atoms with Gasteiger partial charge in [0.05, 0.1) is 12.7 Å². The second-order valence-electron chi connectivity index (χ2n) is 6.17. The number of hydrogen-bond acceptors (Lipinski definition) is 5. The molecular formula is C16H32N2O3. The van der Waals surface area contributed by atoms with Gasteiger partial charge in [0, 0.05) is 12.6 Å². The minimum Gasteiger partial charge on any atom is -0.465 e. The Morgan fingerprint density at radius 3 is 2.71 bits per heavy atom. The Morgan fingerprint density at radius 2 is 2.19 bits per heavy atom. The van der Waals surface area contributed by atoms with Gasteiger partial charge in [-0.05, 0) is 67.1 Å². The Morgan fingerprint density at radius 1 is 1.48 bits per heavy atom. The predicted molar refractivity (Wildman–Crippen MR) is 84.4 cm³/mol. The minimum absolute atomic E-state index is 0.154. The maximum atomic E-state index is 12.0. The summed E-state index contributed by atoms with van der Waals surface area (Å²) in [5.41, 5.74) is -0.571. The topological polar surface area (TPSA) is 50.8 Å². The van der Waals surface area contributed by atoms with Crippen LogP contribution in [0.15, 0.2) is 0 Å². The van der Waals surface area contributed by atoms with Crippen molar-refractivity contribution in [2.45, 2.75) is 64.1 Å². The Kier molecular flexibility index (Phi) is 7.63. The van der Waals surface area contributed by atoms with Crippen molar-refractivity contribution in [1.29, 1.82) is 0 Å². The summed E-state index contributed by atoms with van der Waals surface area (Å²) in [6.07, 6.45) is 4.33. The summed E-state index contributed by atoms with van der Waals surface area (Å²) in [5.74, 6) is -0.154. The molecule has 1 aliphatic rings. The van der Waals surface area contributed by atoms with Crippen LogP contribution in [0.5, 0.6) is 0 Å². The van der Waals surface area contributed by atoms with E-state index in [9.17, 15) is 4.79 Å². The SMILES string of the molecule is CCOC(=O)C(C)(CCCCN(C)C1CCOC1C)NC. The lowest BCUT2D eigenvalue weighted by molar-refractivity contribution is -0.150. The lowest BCUT2D eigenvalue weighted by Crippen LogP contribution is -2.48. The van der Waals surface area contributed by atoms with E-state index in [-0.39, 0.29) is 5.97 Å². The zero-order valence-electron chi connectivity index (χ0n) is 14.3. The number of ether oxygens (including phenoxy) is 2. The molecule has 1 fully saturated rings. The van der Waals surface area contributed by atoms with Crippen molar-refractivity contribution >= 4 is 5.97 Å². The van der Waals surface area contributed by atoms with E-state index in [2.05, 4.69) is 24.2 Å². The average Bonchev–Trinajstić information content (AvgIpc) is 2.89. The molecule has 0 aromatic rings. The van der Waals surface area contributed by atoms with Crippen molar-refractivity contribution in [1.82, 2.24) is 10.2 Å². The molecule has 0 radical (unpaired) electrons. The molecule has 1 N–H and O–H groups in total. The number of carbonyl (C=O) groups excluding carboxylic acids is 1. The fourth-order valence-electron chi connectivity index (χ4n) is 2.92. The summed E-state index contributed by atoms with van der Waals surface area (Å²) >= 11 is 0. The van der Waals surface area contributed by atoms with Crippen molar-refractivity contribution in [3.63, 3.8) is 0 Å². The van der Waals surface area contributed by atoms with Gasteiger partial charge in [0.2, 0.25) is 0 Å². The second-order valence-corrected chi connectivity index (χ2v) is 6.17. The number of carbonyl (C=O) groups is 1. The number of hydrogen-bond donors (Lipinski definition) is 1. The molecular weight excluding hydrogens is 268 g/mol. The number of nitrogens with one attached hydrogen (secondary N) is 1. The molecule has 1 heterocycles.